The number of amides is 2. The molecule has 1 aromatic rings. The molecule has 0 bridgehead atoms. The Bertz CT molecular complexity index is 538. The van der Waals surface area contributed by atoms with Crippen molar-refractivity contribution in [1.82, 2.24) is 5.32 Å². The van der Waals surface area contributed by atoms with Gasteiger partial charge in [-0.05, 0) is 25.0 Å². The van der Waals surface area contributed by atoms with Crippen molar-refractivity contribution in [3.63, 3.8) is 0 Å². The maximum Gasteiger partial charge on any atom is 0.337 e. The molecule has 1 rings (SSSR count). The molecule has 0 aromatic heterocycles. The number of terminal acetylenes is 1. The number of hydrogen-bond acceptors (Lipinski definition) is 2. The highest BCUT2D eigenvalue weighted by Gasteiger charge is 2.16. The molecule has 1 aromatic carbocycles. The number of carboxylic acid groups (broad SMARTS) is 1. The lowest BCUT2D eigenvalue weighted by molar-refractivity contribution is 0.0697. The van der Waals surface area contributed by atoms with Crippen molar-refractivity contribution in [2.45, 2.75) is 19.3 Å². The van der Waals surface area contributed by atoms with Crippen molar-refractivity contribution in [3.8, 4) is 12.3 Å². The van der Waals surface area contributed by atoms with E-state index in [4.69, 9.17) is 11.5 Å². The summed E-state index contributed by atoms with van der Waals surface area (Å²) < 4.78 is 13.5. The molecule has 0 unspecified atom stereocenters. The van der Waals surface area contributed by atoms with E-state index in [-0.39, 0.29) is 11.3 Å². The Morgan fingerprint density at radius 2 is 2.10 bits per heavy atom. The molecule has 0 spiro atoms. The molecule has 0 saturated carbocycles. The van der Waals surface area contributed by atoms with Gasteiger partial charge in [0.1, 0.15) is 5.82 Å². The van der Waals surface area contributed by atoms with Gasteiger partial charge in [0, 0.05) is 13.0 Å². The zero-order valence-electron chi connectivity index (χ0n) is 10.8. The highest BCUT2D eigenvalue weighted by Crippen LogP contribution is 2.19. The molecule has 0 aliphatic heterocycles. The molecule has 0 heterocycles. The minimum Gasteiger partial charge on any atom is -0.478 e. The van der Waals surface area contributed by atoms with Crippen molar-refractivity contribution in [2.75, 3.05) is 11.9 Å². The second-order valence-corrected chi connectivity index (χ2v) is 4.01. The van der Waals surface area contributed by atoms with Crippen LogP contribution in [0, 0.1) is 18.2 Å². The summed E-state index contributed by atoms with van der Waals surface area (Å²) in [5.41, 5.74) is -0.645. The lowest BCUT2D eigenvalue weighted by Crippen LogP contribution is -2.30. The van der Waals surface area contributed by atoms with E-state index >= 15 is 0 Å². The number of rotatable bonds is 6. The maximum absolute atomic E-state index is 13.5. The number of anilines is 1. The molecule has 0 aliphatic carbocycles. The van der Waals surface area contributed by atoms with Gasteiger partial charge in [-0.15, -0.1) is 12.3 Å². The van der Waals surface area contributed by atoms with Crippen LogP contribution in [0.3, 0.4) is 0 Å². The second-order valence-electron chi connectivity index (χ2n) is 4.01. The van der Waals surface area contributed by atoms with E-state index in [0.717, 1.165) is 12.5 Å². The summed E-state index contributed by atoms with van der Waals surface area (Å²) in [6.07, 6.45) is 7.18. The average Bonchev–Trinajstić information content (AvgIpc) is 2.40. The Kier molecular flexibility index (Phi) is 6.04. The Morgan fingerprint density at radius 1 is 1.35 bits per heavy atom. The standard InChI is InChI=1S/C14H15FN2O3/c1-2-3-4-5-9-16-14(20)17-12-10(13(18)19)7-6-8-11(12)15/h1,6-8H,3-5,9H2,(H,18,19)(H2,16,17,20). The number of aromatic carboxylic acids is 1. The van der Waals surface area contributed by atoms with E-state index < -0.39 is 17.8 Å². The number of hydrogen-bond donors (Lipinski definition) is 3. The van der Waals surface area contributed by atoms with Crippen LogP contribution in [0.15, 0.2) is 18.2 Å². The van der Waals surface area contributed by atoms with E-state index in [1.165, 1.54) is 12.1 Å². The second kappa shape index (κ2) is 7.79. The van der Waals surface area contributed by atoms with Gasteiger partial charge in [0.15, 0.2) is 0 Å². The van der Waals surface area contributed by atoms with Crippen LogP contribution >= 0.6 is 0 Å². The minimum atomic E-state index is -1.31. The average molecular weight is 278 g/mol. The molecule has 0 radical (unpaired) electrons. The third-order valence-electron chi connectivity index (χ3n) is 2.52. The third kappa shape index (κ3) is 4.61. The van der Waals surface area contributed by atoms with Gasteiger partial charge < -0.3 is 15.7 Å². The molecule has 106 valence electrons. The molecule has 6 heteroatoms. The largest absolute Gasteiger partial charge is 0.478 e. The van der Waals surface area contributed by atoms with Gasteiger partial charge in [0.2, 0.25) is 0 Å². The SMILES string of the molecule is C#CCCCCNC(=O)Nc1c(F)cccc1C(=O)O. The number of para-hydroxylation sites is 1. The Labute approximate surface area is 116 Å². The highest BCUT2D eigenvalue weighted by molar-refractivity contribution is 6.00. The topological polar surface area (TPSA) is 78.4 Å². The summed E-state index contributed by atoms with van der Waals surface area (Å²) in [4.78, 5) is 22.5. The predicted molar refractivity (Wildman–Crippen MR) is 73.1 cm³/mol. The fourth-order valence-corrected chi connectivity index (χ4v) is 1.54. The molecule has 3 N–H and O–H groups in total. The first-order valence-electron chi connectivity index (χ1n) is 6.06. The number of unbranched alkanes of at least 4 members (excludes halogenated alkanes) is 2. The fraction of sp³-hybridized carbons (Fsp3) is 0.286. The van der Waals surface area contributed by atoms with Crippen LogP contribution < -0.4 is 10.6 Å². The highest BCUT2D eigenvalue weighted by atomic mass is 19.1. The van der Waals surface area contributed by atoms with Crippen molar-refractivity contribution < 1.29 is 19.1 Å². The fourth-order valence-electron chi connectivity index (χ4n) is 1.54. The van der Waals surface area contributed by atoms with Gasteiger partial charge in [0.05, 0.1) is 11.3 Å². The number of halogens is 1. The van der Waals surface area contributed by atoms with Gasteiger partial charge >= 0.3 is 12.0 Å². The van der Waals surface area contributed by atoms with Crippen LogP contribution in [0.5, 0.6) is 0 Å². The van der Waals surface area contributed by atoms with Gasteiger partial charge in [-0.25, -0.2) is 14.0 Å². The summed E-state index contributed by atoms with van der Waals surface area (Å²) in [6, 6.07) is 2.91. The van der Waals surface area contributed by atoms with Crippen molar-refractivity contribution in [1.29, 1.82) is 0 Å². The molecule has 5 nitrogen and oxygen atoms in total. The van der Waals surface area contributed by atoms with Crippen LogP contribution in [-0.2, 0) is 0 Å². The molecule has 0 fully saturated rings. The number of carbonyl (C=O) groups excluding carboxylic acids is 1. The zero-order valence-corrected chi connectivity index (χ0v) is 10.8. The maximum atomic E-state index is 13.5. The van der Waals surface area contributed by atoms with Crippen molar-refractivity contribution in [2.24, 2.45) is 0 Å². The summed E-state index contributed by atoms with van der Waals surface area (Å²) in [5, 5.41) is 13.6. The van der Waals surface area contributed by atoms with Crippen LogP contribution in [0.2, 0.25) is 0 Å². The smallest absolute Gasteiger partial charge is 0.337 e. The monoisotopic (exact) mass is 278 g/mol. The van der Waals surface area contributed by atoms with E-state index in [1.807, 2.05) is 0 Å². The van der Waals surface area contributed by atoms with Gasteiger partial charge in [-0.1, -0.05) is 6.07 Å². The van der Waals surface area contributed by atoms with E-state index in [2.05, 4.69) is 16.6 Å². The first kappa shape index (κ1) is 15.5. The predicted octanol–water partition coefficient (Wildman–Crippen LogP) is 2.45. The zero-order chi connectivity index (χ0) is 15.0. The summed E-state index contributed by atoms with van der Waals surface area (Å²) >= 11 is 0. The number of carbonyl (C=O) groups is 2. The van der Waals surface area contributed by atoms with E-state index in [1.54, 1.807) is 0 Å². The molecule has 0 aliphatic rings. The minimum absolute atomic E-state index is 0.299. The molecule has 2 amide bonds. The molecule has 20 heavy (non-hydrogen) atoms. The normalized spacial score (nSPS) is 9.60. The molecule has 0 atom stereocenters. The molecular weight excluding hydrogens is 263 g/mol. The third-order valence-corrected chi connectivity index (χ3v) is 2.52. The van der Waals surface area contributed by atoms with Crippen LogP contribution in [0.1, 0.15) is 29.6 Å². The van der Waals surface area contributed by atoms with Crippen LogP contribution in [0.4, 0.5) is 14.9 Å². The van der Waals surface area contributed by atoms with Gasteiger partial charge in [-0.3, -0.25) is 0 Å². The summed E-state index contributed by atoms with van der Waals surface area (Å²) in [7, 11) is 0. The Balaban J connectivity index is 2.58. The quantitative estimate of drug-likeness (QED) is 0.552. The summed E-state index contributed by atoms with van der Waals surface area (Å²) in [5.74, 6) is 0.370. The first-order chi connectivity index (χ1) is 9.56. The van der Waals surface area contributed by atoms with Crippen LogP contribution in [-0.4, -0.2) is 23.7 Å². The van der Waals surface area contributed by atoms with E-state index in [9.17, 15) is 14.0 Å². The number of benzene rings is 1. The summed E-state index contributed by atoms with van der Waals surface area (Å²) in [6.45, 7) is 0.379. The lowest BCUT2D eigenvalue weighted by atomic mass is 10.1. The van der Waals surface area contributed by atoms with E-state index in [0.29, 0.717) is 19.4 Å². The van der Waals surface area contributed by atoms with Crippen molar-refractivity contribution >= 4 is 17.7 Å². The van der Waals surface area contributed by atoms with Gasteiger partial charge in [0.25, 0.3) is 0 Å². The number of urea groups is 1. The Hall–Kier alpha value is -2.55. The van der Waals surface area contributed by atoms with Crippen molar-refractivity contribution in [3.05, 3.63) is 29.6 Å². The lowest BCUT2D eigenvalue weighted by Gasteiger charge is -2.10. The molecular formula is C14H15FN2O3. The number of nitrogens with one attached hydrogen (secondary N) is 2. The van der Waals surface area contributed by atoms with Crippen LogP contribution in [0.25, 0.3) is 0 Å². The first-order valence-corrected chi connectivity index (χ1v) is 6.06. The van der Waals surface area contributed by atoms with Gasteiger partial charge in [-0.2, -0.15) is 0 Å². The molecule has 0 saturated heterocycles. The number of carboxylic acids is 1. The Morgan fingerprint density at radius 3 is 2.75 bits per heavy atom.